The van der Waals surface area contributed by atoms with Gasteiger partial charge in [-0.05, 0) is 43.4 Å². The lowest BCUT2D eigenvalue weighted by Gasteiger charge is -2.41. The molecule has 27 heavy (non-hydrogen) atoms. The predicted octanol–water partition coefficient (Wildman–Crippen LogP) is 2.35. The molecule has 1 unspecified atom stereocenters. The van der Waals surface area contributed by atoms with E-state index in [0.717, 1.165) is 43.6 Å². The number of halogens is 1. The quantitative estimate of drug-likeness (QED) is 0.829. The van der Waals surface area contributed by atoms with E-state index in [2.05, 4.69) is 10.00 Å². The first-order valence-electron chi connectivity index (χ1n) is 9.49. The molecule has 2 aliphatic heterocycles. The van der Waals surface area contributed by atoms with Crippen LogP contribution in [-0.2, 0) is 11.3 Å². The van der Waals surface area contributed by atoms with Crippen molar-refractivity contribution in [3.8, 4) is 0 Å². The largest absolute Gasteiger partial charge is 0.370 e. The monoisotopic (exact) mass is 370 g/mol. The third kappa shape index (κ3) is 3.72. The third-order valence-corrected chi connectivity index (χ3v) is 5.46. The number of likely N-dealkylation sites (tertiary alicyclic amines) is 1. The highest BCUT2D eigenvalue weighted by Crippen LogP contribution is 2.33. The van der Waals surface area contributed by atoms with Crippen LogP contribution in [0.15, 0.2) is 41.3 Å². The Morgan fingerprint density at radius 3 is 2.48 bits per heavy atom. The van der Waals surface area contributed by atoms with Gasteiger partial charge in [0.15, 0.2) is 0 Å². The second-order valence-electron chi connectivity index (χ2n) is 7.20. The fourth-order valence-corrected chi connectivity index (χ4v) is 3.80. The summed E-state index contributed by atoms with van der Waals surface area (Å²) >= 11 is 0. The Morgan fingerprint density at radius 1 is 1.11 bits per heavy atom. The maximum absolute atomic E-state index is 13.1. The van der Waals surface area contributed by atoms with Crippen LogP contribution in [0.3, 0.4) is 0 Å². The van der Waals surface area contributed by atoms with Gasteiger partial charge in [0.2, 0.25) is 5.91 Å². The Bertz CT molecular complexity index is 874. The molecule has 2 saturated heterocycles. The molecule has 3 heterocycles. The lowest BCUT2D eigenvalue weighted by molar-refractivity contribution is -0.140. The molecule has 7 heteroatoms. The normalized spacial score (nSPS) is 19.7. The molecule has 0 radical (unpaired) electrons. The predicted molar refractivity (Wildman–Crippen MR) is 100 cm³/mol. The van der Waals surface area contributed by atoms with Crippen LogP contribution in [0.2, 0.25) is 0 Å². The van der Waals surface area contributed by atoms with Gasteiger partial charge in [0, 0.05) is 25.7 Å². The van der Waals surface area contributed by atoms with E-state index in [1.807, 2.05) is 0 Å². The SMILES string of the molecule is O=C(Cn1ncc(N2CCCCC2)cc1=O)N1CCC1c1ccc(F)cc1. The zero-order valence-electron chi connectivity index (χ0n) is 15.2. The van der Waals surface area contributed by atoms with Gasteiger partial charge in [0.1, 0.15) is 12.4 Å². The van der Waals surface area contributed by atoms with Gasteiger partial charge in [-0.25, -0.2) is 9.07 Å². The average Bonchev–Trinajstić information content (AvgIpc) is 2.65. The number of amides is 1. The summed E-state index contributed by atoms with van der Waals surface area (Å²) in [6.07, 6.45) is 5.99. The molecule has 2 fully saturated rings. The molecule has 1 aromatic carbocycles. The number of rotatable bonds is 4. The maximum Gasteiger partial charge on any atom is 0.269 e. The van der Waals surface area contributed by atoms with E-state index in [1.165, 1.54) is 23.2 Å². The van der Waals surface area contributed by atoms with E-state index in [9.17, 15) is 14.0 Å². The number of hydrogen-bond acceptors (Lipinski definition) is 4. The van der Waals surface area contributed by atoms with Gasteiger partial charge in [-0.15, -0.1) is 0 Å². The lowest BCUT2D eigenvalue weighted by Crippen LogP contribution is -2.47. The fourth-order valence-electron chi connectivity index (χ4n) is 3.80. The molecular weight excluding hydrogens is 347 g/mol. The molecule has 1 aromatic heterocycles. The van der Waals surface area contributed by atoms with Crippen LogP contribution in [0, 0.1) is 5.82 Å². The van der Waals surface area contributed by atoms with Crippen molar-refractivity contribution in [2.75, 3.05) is 24.5 Å². The molecule has 2 aromatic rings. The van der Waals surface area contributed by atoms with Crippen molar-refractivity contribution in [2.24, 2.45) is 0 Å². The zero-order valence-corrected chi connectivity index (χ0v) is 15.2. The minimum absolute atomic E-state index is 0.0542. The van der Waals surface area contributed by atoms with E-state index < -0.39 is 0 Å². The van der Waals surface area contributed by atoms with Gasteiger partial charge in [-0.2, -0.15) is 5.10 Å². The molecule has 2 aliphatic rings. The van der Waals surface area contributed by atoms with Crippen LogP contribution in [0.1, 0.15) is 37.3 Å². The minimum Gasteiger partial charge on any atom is -0.370 e. The molecule has 4 rings (SSSR count). The number of carbonyl (C=O) groups is 1. The standard InChI is InChI=1S/C20H23FN4O2/c21-16-6-4-15(5-7-16)18-8-11-24(18)20(27)14-25-19(26)12-17(13-22-25)23-9-2-1-3-10-23/h4-7,12-13,18H,1-3,8-11,14H2. The third-order valence-electron chi connectivity index (χ3n) is 5.46. The van der Waals surface area contributed by atoms with Crippen molar-refractivity contribution in [2.45, 2.75) is 38.3 Å². The second-order valence-corrected chi connectivity index (χ2v) is 7.20. The first-order chi connectivity index (χ1) is 13.1. The van der Waals surface area contributed by atoms with Crippen LogP contribution in [0.25, 0.3) is 0 Å². The smallest absolute Gasteiger partial charge is 0.269 e. The maximum atomic E-state index is 13.1. The number of anilines is 1. The van der Waals surface area contributed by atoms with Crippen molar-refractivity contribution in [3.63, 3.8) is 0 Å². The summed E-state index contributed by atoms with van der Waals surface area (Å²) < 4.78 is 14.3. The van der Waals surface area contributed by atoms with E-state index in [0.29, 0.717) is 6.54 Å². The van der Waals surface area contributed by atoms with Crippen LogP contribution < -0.4 is 10.5 Å². The van der Waals surface area contributed by atoms with Gasteiger partial charge in [-0.1, -0.05) is 12.1 Å². The van der Waals surface area contributed by atoms with Crippen molar-refractivity contribution in [1.82, 2.24) is 14.7 Å². The molecule has 1 atom stereocenters. The van der Waals surface area contributed by atoms with Gasteiger partial charge < -0.3 is 9.80 Å². The van der Waals surface area contributed by atoms with Crippen LogP contribution in [0.4, 0.5) is 10.1 Å². The number of hydrogen-bond donors (Lipinski definition) is 0. The van der Waals surface area contributed by atoms with E-state index in [1.54, 1.807) is 29.3 Å². The first kappa shape index (κ1) is 17.7. The average molecular weight is 370 g/mol. The Labute approximate surface area is 157 Å². The number of piperidine rings is 1. The van der Waals surface area contributed by atoms with Gasteiger partial charge in [0.25, 0.3) is 5.56 Å². The van der Waals surface area contributed by atoms with Crippen molar-refractivity contribution >= 4 is 11.6 Å². The molecule has 0 saturated carbocycles. The zero-order chi connectivity index (χ0) is 18.8. The molecule has 6 nitrogen and oxygen atoms in total. The highest BCUT2D eigenvalue weighted by atomic mass is 19.1. The second kappa shape index (κ2) is 7.50. The van der Waals surface area contributed by atoms with E-state index in [4.69, 9.17) is 0 Å². The Hall–Kier alpha value is -2.70. The van der Waals surface area contributed by atoms with Crippen LogP contribution in [-0.4, -0.2) is 40.2 Å². The summed E-state index contributed by atoms with van der Waals surface area (Å²) in [5.41, 5.74) is 1.48. The summed E-state index contributed by atoms with van der Waals surface area (Å²) in [6.45, 7) is 2.45. The Balaban J connectivity index is 1.43. The number of carbonyl (C=O) groups excluding carboxylic acids is 1. The molecule has 0 spiro atoms. The minimum atomic E-state index is -0.291. The van der Waals surface area contributed by atoms with E-state index in [-0.39, 0.29) is 29.9 Å². The summed E-state index contributed by atoms with van der Waals surface area (Å²) in [7, 11) is 0. The van der Waals surface area contributed by atoms with Crippen molar-refractivity contribution in [3.05, 3.63) is 58.3 Å². The first-order valence-corrected chi connectivity index (χ1v) is 9.49. The summed E-state index contributed by atoms with van der Waals surface area (Å²) in [5, 5.41) is 4.21. The Morgan fingerprint density at radius 2 is 1.85 bits per heavy atom. The lowest BCUT2D eigenvalue weighted by atomic mass is 9.94. The van der Waals surface area contributed by atoms with Crippen LogP contribution >= 0.6 is 0 Å². The molecule has 0 aliphatic carbocycles. The summed E-state index contributed by atoms with van der Waals surface area (Å²) in [4.78, 5) is 28.9. The highest BCUT2D eigenvalue weighted by molar-refractivity contribution is 5.77. The molecule has 0 N–H and O–H groups in total. The van der Waals surface area contributed by atoms with Gasteiger partial charge in [0.05, 0.1) is 17.9 Å². The topological polar surface area (TPSA) is 58.4 Å². The molecule has 1 amide bonds. The number of benzene rings is 1. The van der Waals surface area contributed by atoms with Crippen molar-refractivity contribution in [1.29, 1.82) is 0 Å². The molecule has 142 valence electrons. The molecular formula is C20H23FN4O2. The fraction of sp³-hybridized carbons (Fsp3) is 0.450. The number of aromatic nitrogens is 2. The summed E-state index contributed by atoms with van der Waals surface area (Å²) in [6, 6.07) is 7.73. The number of nitrogens with zero attached hydrogens (tertiary/aromatic N) is 4. The summed E-state index contributed by atoms with van der Waals surface area (Å²) in [5.74, 6) is -0.434. The van der Waals surface area contributed by atoms with Gasteiger partial charge >= 0.3 is 0 Å². The Kier molecular flexibility index (Phi) is 4.92. The van der Waals surface area contributed by atoms with Crippen LogP contribution in [0.5, 0.6) is 0 Å². The molecule has 0 bridgehead atoms. The van der Waals surface area contributed by atoms with Gasteiger partial charge in [-0.3, -0.25) is 9.59 Å². The van der Waals surface area contributed by atoms with E-state index >= 15 is 0 Å². The van der Waals surface area contributed by atoms with Crippen molar-refractivity contribution < 1.29 is 9.18 Å². The highest BCUT2D eigenvalue weighted by Gasteiger charge is 2.33.